The fourth-order valence-electron chi connectivity index (χ4n) is 3.10. The van der Waals surface area contributed by atoms with E-state index >= 15 is 0 Å². The highest BCUT2D eigenvalue weighted by atomic mass is 14.9. The van der Waals surface area contributed by atoms with Gasteiger partial charge in [0.25, 0.3) is 0 Å². The summed E-state index contributed by atoms with van der Waals surface area (Å²) >= 11 is 0. The van der Waals surface area contributed by atoms with Crippen LogP contribution in [0.15, 0.2) is 24.3 Å². The van der Waals surface area contributed by atoms with Gasteiger partial charge in [0.2, 0.25) is 0 Å². The van der Waals surface area contributed by atoms with Crippen LogP contribution in [0.2, 0.25) is 0 Å². The lowest BCUT2D eigenvalue weighted by atomic mass is 9.84. The summed E-state index contributed by atoms with van der Waals surface area (Å²) < 4.78 is 0. The van der Waals surface area contributed by atoms with E-state index in [1.54, 1.807) is 0 Å². The van der Waals surface area contributed by atoms with Gasteiger partial charge in [0, 0.05) is 12.6 Å². The number of hydrogen-bond donors (Lipinski definition) is 1. The van der Waals surface area contributed by atoms with Gasteiger partial charge in [0.1, 0.15) is 0 Å². The minimum absolute atomic E-state index is 0.748. The fraction of sp³-hybridized carbons (Fsp3) is 0.647. The molecule has 0 radical (unpaired) electrons. The lowest BCUT2D eigenvalue weighted by molar-refractivity contribution is 0.285. The number of aryl methyl sites for hydroxylation is 1. The Hall–Kier alpha value is -0.820. The van der Waals surface area contributed by atoms with Crippen molar-refractivity contribution in [1.82, 2.24) is 5.32 Å². The van der Waals surface area contributed by atoms with Gasteiger partial charge in [-0.2, -0.15) is 0 Å². The number of rotatable bonds is 5. The second-order valence-corrected chi connectivity index (χ2v) is 5.63. The van der Waals surface area contributed by atoms with Gasteiger partial charge in [-0.05, 0) is 49.1 Å². The molecule has 100 valence electrons. The molecule has 0 bridgehead atoms. The summed E-state index contributed by atoms with van der Waals surface area (Å²) in [6, 6.07) is 9.57. The molecule has 0 aromatic heterocycles. The van der Waals surface area contributed by atoms with E-state index in [0.717, 1.165) is 24.9 Å². The molecule has 1 nitrogen and oxygen atoms in total. The van der Waals surface area contributed by atoms with Crippen molar-refractivity contribution >= 4 is 0 Å². The third-order valence-corrected chi connectivity index (χ3v) is 4.50. The average molecular weight is 245 g/mol. The van der Waals surface area contributed by atoms with E-state index in [9.17, 15) is 0 Å². The summed E-state index contributed by atoms with van der Waals surface area (Å²) in [6.45, 7) is 5.62. The molecule has 0 aliphatic heterocycles. The highest BCUT2D eigenvalue weighted by molar-refractivity contribution is 5.26. The van der Waals surface area contributed by atoms with Gasteiger partial charge in [0.05, 0.1) is 0 Å². The van der Waals surface area contributed by atoms with E-state index in [-0.39, 0.29) is 0 Å². The van der Waals surface area contributed by atoms with Crippen LogP contribution in [0.1, 0.15) is 57.1 Å². The smallest absolute Gasteiger partial charge is 0.0210 e. The molecule has 1 fully saturated rings. The van der Waals surface area contributed by atoms with Crippen LogP contribution in [0, 0.1) is 5.92 Å². The highest BCUT2D eigenvalue weighted by Gasteiger charge is 2.19. The summed E-state index contributed by atoms with van der Waals surface area (Å²) in [6.07, 6.45) is 8.08. The summed E-state index contributed by atoms with van der Waals surface area (Å²) in [5.41, 5.74) is 2.98. The first-order valence-electron chi connectivity index (χ1n) is 7.63. The lowest BCUT2D eigenvalue weighted by Gasteiger charge is -2.28. The zero-order valence-electron chi connectivity index (χ0n) is 11.9. The van der Waals surface area contributed by atoms with E-state index in [0.29, 0.717) is 0 Å². The lowest BCUT2D eigenvalue weighted by Crippen LogP contribution is -2.32. The van der Waals surface area contributed by atoms with E-state index in [1.165, 1.54) is 43.2 Å². The van der Waals surface area contributed by atoms with Crippen molar-refractivity contribution in [1.29, 1.82) is 0 Å². The second-order valence-electron chi connectivity index (χ2n) is 5.63. The van der Waals surface area contributed by atoms with Crippen molar-refractivity contribution in [3.63, 3.8) is 0 Å². The zero-order chi connectivity index (χ0) is 12.8. The van der Waals surface area contributed by atoms with Crippen molar-refractivity contribution < 1.29 is 0 Å². The molecule has 1 aliphatic carbocycles. The van der Waals surface area contributed by atoms with Crippen LogP contribution in [0.3, 0.4) is 0 Å². The molecule has 1 aromatic carbocycles. The molecule has 0 atom stereocenters. The van der Waals surface area contributed by atoms with Gasteiger partial charge in [-0.25, -0.2) is 0 Å². The Kier molecular flexibility index (Phi) is 5.25. The van der Waals surface area contributed by atoms with Crippen molar-refractivity contribution in [3.8, 4) is 0 Å². The predicted molar refractivity (Wildman–Crippen MR) is 78.7 cm³/mol. The largest absolute Gasteiger partial charge is 0.310 e. The summed E-state index contributed by atoms with van der Waals surface area (Å²) in [7, 11) is 0. The maximum absolute atomic E-state index is 3.76. The minimum atomic E-state index is 0.748. The van der Waals surface area contributed by atoms with Crippen molar-refractivity contribution in [3.05, 3.63) is 35.4 Å². The van der Waals surface area contributed by atoms with Gasteiger partial charge >= 0.3 is 0 Å². The molecule has 1 aliphatic rings. The van der Waals surface area contributed by atoms with Gasteiger partial charge < -0.3 is 5.32 Å². The Bertz CT molecular complexity index is 350. The van der Waals surface area contributed by atoms with Crippen LogP contribution >= 0.6 is 0 Å². The summed E-state index contributed by atoms with van der Waals surface area (Å²) in [5, 5.41) is 3.76. The van der Waals surface area contributed by atoms with Crippen molar-refractivity contribution in [2.24, 2.45) is 5.92 Å². The van der Waals surface area contributed by atoms with Gasteiger partial charge in [-0.15, -0.1) is 0 Å². The normalized spacial score (nSPS) is 24.1. The summed E-state index contributed by atoms with van der Waals surface area (Å²) in [4.78, 5) is 0. The molecule has 2 rings (SSSR count). The van der Waals surface area contributed by atoms with Crippen molar-refractivity contribution in [2.45, 2.75) is 65.0 Å². The molecule has 0 heterocycles. The standard InChI is InChI=1S/C17H27N/c1-3-14-9-11-17(12-10-14)18-13-16-8-6-5-7-15(16)4-2/h5-8,14,17-18H,3-4,9-13H2,1-2H3. The van der Waals surface area contributed by atoms with Crippen LogP contribution in [-0.4, -0.2) is 6.04 Å². The number of nitrogens with one attached hydrogen (secondary N) is 1. The predicted octanol–water partition coefficient (Wildman–Crippen LogP) is 4.31. The molecule has 18 heavy (non-hydrogen) atoms. The maximum atomic E-state index is 3.76. The van der Waals surface area contributed by atoms with E-state index < -0.39 is 0 Å². The molecule has 0 saturated heterocycles. The number of hydrogen-bond acceptors (Lipinski definition) is 1. The fourth-order valence-corrected chi connectivity index (χ4v) is 3.10. The first-order chi connectivity index (χ1) is 8.83. The topological polar surface area (TPSA) is 12.0 Å². The number of benzene rings is 1. The SMILES string of the molecule is CCc1ccccc1CNC1CCC(CC)CC1. The molecule has 0 amide bonds. The van der Waals surface area contributed by atoms with E-state index in [2.05, 4.69) is 43.4 Å². The molecule has 1 aromatic rings. The summed E-state index contributed by atoms with van der Waals surface area (Å²) in [5.74, 6) is 0.992. The zero-order valence-corrected chi connectivity index (χ0v) is 11.9. The quantitative estimate of drug-likeness (QED) is 0.815. The highest BCUT2D eigenvalue weighted by Crippen LogP contribution is 2.26. The van der Waals surface area contributed by atoms with Crippen LogP contribution in [-0.2, 0) is 13.0 Å². The maximum Gasteiger partial charge on any atom is 0.0210 e. The second kappa shape index (κ2) is 6.94. The van der Waals surface area contributed by atoms with Crippen LogP contribution in [0.25, 0.3) is 0 Å². The Morgan fingerprint density at radius 3 is 2.28 bits per heavy atom. The molecule has 1 saturated carbocycles. The molecule has 1 N–H and O–H groups in total. The van der Waals surface area contributed by atoms with Crippen LogP contribution < -0.4 is 5.32 Å². The van der Waals surface area contributed by atoms with E-state index in [1.807, 2.05) is 0 Å². The molecule has 1 heteroatoms. The Balaban J connectivity index is 1.81. The van der Waals surface area contributed by atoms with Crippen LogP contribution in [0.5, 0.6) is 0 Å². The molecular formula is C17H27N. The van der Waals surface area contributed by atoms with Gasteiger partial charge in [-0.3, -0.25) is 0 Å². The molecule has 0 spiro atoms. The van der Waals surface area contributed by atoms with Gasteiger partial charge in [-0.1, -0.05) is 44.5 Å². The molecule has 0 unspecified atom stereocenters. The third kappa shape index (κ3) is 3.58. The third-order valence-electron chi connectivity index (χ3n) is 4.50. The van der Waals surface area contributed by atoms with Crippen LogP contribution in [0.4, 0.5) is 0 Å². The Labute approximate surface area is 112 Å². The van der Waals surface area contributed by atoms with Gasteiger partial charge in [0.15, 0.2) is 0 Å². The van der Waals surface area contributed by atoms with E-state index in [4.69, 9.17) is 0 Å². The van der Waals surface area contributed by atoms with Crippen molar-refractivity contribution in [2.75, 3.05) is 0 Å². The average Bonchev–Trinajstić information content (AvgIpc) is 2.46. The minimum Gasteiger partial charge on any atom is -0.310 e. The first kappa shape index (κ1) is 13.6. The monoisotopic (exact) mass is 245 g/mol. The Morgan fingerprint density at radius 2 is 1.67 bits per heavy atom. The Morgan fingerprint density at radius 1 is 1.00 bits per heavy atom. The molecular weight excluding hydrogens is 218 g/mol. The first-order valence-corrected chi connectivity index (χ1v) is 7.63.